The van der Waals surface area contributed by atoms with Crippen LogP contribution in [0.3, 0.4) is 0 Å². The highest BCUT2D eigenvalue weighted by molar-refractivity contribution is 5.85. The van der Waals surface area contributed by atoms with Gasteiger partial charge in [0, 0.05) is 6.54 Å². The summed E-state index contributed by atoms with van der Waals surface area (Å²) >= 11 is 0. The highest BCUT2D eigenvalue weighted by Crippen LogP contribution is 2.12. The molecular weight excluding hydrogens is 235 g/mol. The molecule has 1 rings (SSSR count). The van der Waals surface area contributed by atoms with E-state index >= 15 is 0 Å². The number of halogens is 2. The number of hydrogen-bond acceptors (Lipinski definition) is 3. The Labute approximate surface area is 99.1 Å². The average molecular weight is 249 g/mol. The van der Waals surface area contributed by atoms with Gasteiger partial charge in [-0.3, -0.25) is 4.79 Å². The summed E-state index contributed by atoms with van der Waals surface area (Å²) in [5.74, 6) is -0.776. The molecule has 1 atom stereocenters. The number of aliphatic hydroxyl groups is 1. The zero-order valence-corrected chi connectivity index (χ0v) is 9.34. The Morgan fingerprint density at radius 3 is 2.81 bits per heavy atom. The molecule has 0 aromatic heterocycles. The molecule has 90 valence electrons. The quantitative estimate of drug-likeness (QED) is 0.720. The molecule has 1 aromatic carbocycles. The summed E-state index contributed by atoms with van der Waals surface area (Å²) < 4.78 is 12.8. The van der Waals surface area contributed by atoms with E-state index in [1.54, 1.807) is 6.07 Å². The van der Waals surface area contributed by atoms with E-state index in [0.29, 0.717) is 5.56 Å². The molecule has 0 saturated carbocycles. The van der Waals surface area contributed by atoms with Crippen molar-refractivity contribution < 1.29 is 14.3 Å². The van der Waals surface area contributed by atoms with Gasteiger partial charge in [0.15, 0.2) is 0 Å². The average Bonchev–Trinajstić information content (AvgIpc) is 2.25. The lowest BCUT2D eigenvalue weighted by molar-refractivity contribution is -0.120. The lowest BCUT2D eigenvalue weighted by atomic mass is 10.1. The van der Waals surface area contributed by atoms with Crippen molar-refractivity contribution in [3.05, 3.63) is 35.6 Å². The third kappa shape index (κ3) is 4.57. The van der Waals surface area contributed by atoms with Crippen LogP contribution in [0, 0.1) is 5.82 Å². The van der Waals surface area contributed by atoms with Crippen LogP contribution in [0.25, 0.3) is 0 Å². The van der Waals surface area contributed by atoms with Gasteiger partial charge in [0.05, 0.1) is 12.6 Å². The van der Waals surface area contributed by atoms with E-state index in [0.717, 1.165) is 0 Å². The fourth-order valence-corrected chi connectivity index (χ4v) is 1.11. The lowest BCUT2D eigenvalue weighted by Gasteiger charge is -2.11. The van der Waals surface area contributed by atoms with Crippen LogP contribution in [-0.4, -0.2) is 24.1 Å². The van der Waals surface area contributed by atoms with Gasteiger partial charge in [-0.1, -0.05) is 12.1 Å². The summed E-state index contributed by atoms with van der Waals surface area (Å²) in [4.78, 5) is 10.8. The summed E-state index contributed by atoms with van der Waals surface area (Å²) in [6.07, 6.45) is -0.920. The normalized spacial score (nSPS) is 11.4. The Morgan fingerprint density at radius 2 is 2.25 bits per heavy atom. The van der Waals surface area contributed by atoms with Crippen LogP contribution >= 0.6 is 12.4 Å². The van der Waals surface area contributed by atoms with Gasteiger partial charge in [0.2, 0.25) is 5.91 Å². The highest BCUT2D eigenvalue weighted by Gasteiger charge is 2.09. The second-order valence-electron chi connectivity index (χ2n) is 3.08. The van der Waals surface area contributed by atoms with Crippen LogP contribution in [0.15, 0.2) is 24.3 Å². The van der Waals surface area contributed by atoms with Crippen molar-refractivity contribution in [3.63, 3.8) is 0 Å². The number of hydrogen-bond donors (Lipinski definition) is 3. The van der Waals surface area contributed by atoms with E-state index in [9.17, 15) is 14.3 Å². The van der Waals surface area contributed by atoms with E-state index < -0.39 is 11.9 Å². The molecule has 0 aliphatic rings. The van der Waals surface area contributed by atoms with Gasteiger partial charge in [0.1, 0.15) is 5.82 Å². The first-order valence-corrected chi connectivity index (χ1v) is 4.53. The largest absolute Gasteiger partial charge is 0.387 e. The van der Waals surface area contributed by atoms with E-state index in [2.05, 4.69) is 5.32 Å². The van der Waals surface area contributed by atoms with E-state index in [-0.39, 0.29) is 31.4 Å². The van der Waals surface area contributed by atoms with Crippen LogP contribution < -0.4 is 11.1 Å². The van der Waals surface area contributed by atoms with Crippen molar-refractivity contribution in [2.24, 2.45) is 5.73 Å². The smallest absolute Gasteiger partial charge is 0.233 e. The molecule has 0 heterocycles. The fourth-order valence-electron chi connectivity index (χ4n) is 1.11. The Hall–Kier alpha value is -1.17. The maximum atomic E-state index is 12.8. The maximum Gasteiger partial charge on any atom is 0.233 e. The Morgan fingerprint density at radius 1 is 1.56 bits per heavy atom. The summed E-state index contributed by atoms with van der Waals surface area (Å²) in [7, 11) is 0. The maximum absolute atomic E-state index is 12.8. The first-order chi connectivity index (χ1) is 7.13. The van der Waals surface area contributed by atoms with Crippen molar-refractivity contribution in [2.75, 3.05) is 13.1 Å². The van der Waals surface area contributed by atoms with Gasteiger partial charge < -0.3 is 16.2 Å². The number of rotatable bonds is 4. The summed E-state index contributed by atoms with van der Waals surface area (Å²) in [6, 6.07) is 5.59. The van der Waals surface area contributed by atoms with Crippen LogP contribution in [0.1, 0.15) is 11.7 Å². The third-order valence-corrected chi connectivity index (χ3v) is 1.91. The molecule has 4 N–H and O–H groups in total. The van der Waals surface area contributed by atoms with Gasteiger partial charge in [-0.2, -0.15) is 0 Å². The molecule has 0 bridgehead atoms. The molecule has 0 fully saturated rings. The Bertz CT molecular complexity index is 349. The first-order valence-electron chi connectivity index (χ1n) is 4.53. The highest BCUT2D eigenvalue weighted by atomic mass is 35.5. The van der Waals surface area contributed by atoms with Crippen LogP contribution in [0.2, 0.25) is 0 Å². The minimum Gasteiger partial charge on any atom is -0.387 e. The molecule has 0 aliphatic carbocycles. The molecule has 1 aromatic rings. The van der Waals surface area contributed by atoms with Crippen LogP contribution in [0.5, 0.6) is 0 Å². The molecule has 6 heteroatoms. The number of amides is 1. The molecule has 1 amide bonds. The van der Waals surface area contributed by atoms with Crippen molar-refractivity contribution in [2.45, 2.75) is 6.10 Å². The number of carbonyl (C=O) groups excluding carboxylic acids is 1. The number of nitrogens with two attached hydrogens (primary N) is 1. The van der Waals surface area contributed by atoms with Gasteiger partial charge in [-0.15, -0.1) is 12.4 Å². The van der Waals surface area contributed by atoms with Crippen molar-refractivity contribution >= 4 is 18.3 Å². The monoisotopic (exact) mass is 248 g/mol. The molecule has 0 radical (unpaired) electrons. The molecule has 16 heavy (non-hydrogen) atoms. The second-order valence-corrected chi connectivity index (χ2v) is 3.08. The Kier molecular flexibility index (Phi) is 6.64. The molecular formula is C10H14ClFN2O2. The number of nitrogens with one attached hydrogen (secondary N) is 1. The number of carbonyl (C=O) groups is 1. The SMILES string of the molecule is Cl.NCC(=O)NCC(O)c1cccc(F)c1. The minimum absolute atomic E-state index is 0. The topological polar surface area (TPSA) is 75.4 Å². The zero-order chi connectivity index (χ0) is 11.3. The molecule has 4 nitrogen and oxygen atoms in total. The molecule has 0 aliphatic heterocycles. The Balaban J connectivity index is 0.00000225. The summed E-state index contributed by atoms with van der Waals surface area (Å²) in [6.45, 7) is -0.102. The summed E-state index contributed by atoms with van der Waals surface area (Å²) in [5, 5.41) is 12.0. The number of benzene rings is 1. The standard InChI is InChI=1S/C10H13FN2O2.ClH/c11-8-3-1-2-7(4-8)9(14)6-13-10(15)5-12;/h1-4,9,14H,5-6,12H2,(H,13,15);1H. The lowest BCUT2D eigenvalue weighted by Crippen LogP contribution is -2.33. The number of aliphatic hydroxyl groups excluding tert-OH is 1. The first kappa shape index (κ1) is 14.8. The van der Waals surface area contributed by atoms with E-state index in [1.165, 1.54) is 18.2 Å². The van der Waals surface area contributed by atoms with Gasteiger partial charge in [-0.25, -0.2) is 4.39 Å². The predicted molar refractivity (Wildman–Crippen MR) is 60.7 cm³/mol. The zero-order valence-electron chi connectivity index (χ0n) is 8.52. The predicted octanol–water partition coefficient (Wildman–Crippen LogP) is 0.356. The molecule has 0 spiro atoms. The fraction of sp³-hybridized carbons (Fsp3) is 0.300. The summed E-state index contributed by atoms with van der Waals surface area (Å²) in [5.41, 5.74) is 5.49. The van der Waals surface area contributed by atoms with Crippen LogP contribution in [0.4, 0.5) is 4.39 Å². The van der Waals surface area contributed by atoms with Gasteiger partial charge in [0.25, 0.3) is 0 Å². The van der Waals surface area contributed by atoms with Crippen molar-refractivity contribution in [1.82, 2.24) is 5.32 Å². The third-order valence-electron chi connectivity index (χ3n) is 1.91. The van der Waals surface area contributed by atoms with Crippen molar-refractivity contribution in [3.8, 4) is 0 Å². The minimum atomic E-state index is -0.920. The second kappa shape index (κ2) is 7.16. The van der Waals surface area contributed by atoms with Crippen LogP contribution in [-0.2, 0) is 4.79 Å². The molecule has 1 unspecified atom stereocenters. The van der Waals surface area contributed by atoms with Crippen molar-refractivity contribution in [1.29, 1.82) is 0 Å². The van der Waals surface area contributed by atoms with E-state index in [1.807, 2.05) is 0 Å². The van der Waals surface area contributed by atoms with E-state index in [4.69, 9.17) is 5.73 Å². The van der Waals surface area contributed by atoms with Gasteiger partial charge in [-0.05, 0) is 17.7 Å². The molecule has 0 saturated heterocycles. The van der Waals surface area contributed by atoms with Gasteiger partial charge >= 0.3 is 0 Å².